The number of benzene rings is 1. The summed E-state index contributed by atoms with van der Waals surface area (Å²) in [5, 5.41) is 0. The Morgan fingerprint density at radius 2 is 1.83 bits per heavy atom. The van der Waals surface area contributed by atoms with E-state index in [1.165, 1.54) is 18.4 Å². The maximum Gasteiger partial charge on any atom is 0.163 e. The van der Waals surface area contributed by atoms with Crippen molar-refractivity contribution in [2.75, 3.05) is 0 Å². The van der Waals surface area contributed by atoms with Crippen LogP contribution in [-0.4, -0.2) is 5.78 Å². The molecule has 0 bridgehead atoms. The molecule has 1 aromatic carbocycles. The van der Waals surface area contributed by atoms with E-state index in [0.29, 0.717) is 23.5 Å². The van der Waals surface area contributed by atoms with Crippen LogP contribution < -0.4 is 0 Å². The van der Waals surface area contributed by atoms with E-state index in [-0.39, 0.29) is 0 Å². The fourth-order valence-corrected chi connectivity index (χ4v) is 3.04. The van der Waals surface area contributed by atoms with Gasteiger partial charge in [0, 0.05) is 12.0 Å². The van der Waals surface area contributed by atoms with Crippen LogP contribution in [0, 0.1) is 24.2 Å². The maximum absolute atomic E-state index is 12.3. The van der Waals surface area contributed by atoms with E-state index in [9.17, 15) is 4.79 Å². The summed E-state index contributed by atoms with van der Waals surface area (Å²) >= 11 is 0. The van der Waals surface area contributed by atoms with Gasteiger partial charge in [-0.15, -0.1) is 0 Å². The molecule has 1 aliphatic rings. The van der Waals surface area contributed by atoms with Crippen molar-refractivity contribution in [2.45, 2.75) is 47.0 Å². The highest BCUT2D eigenvalue weighted by molar-refractivity contribution is 5.96. The number of hydrogen-bond acceptors (Lipinski definition) is 1. The third-order valence-corrected chi connectivity index (χ3v) is 5.08. The highest BCUT2D eigenvalue weighted by atomic mass is 16.1. The van der Waals surface area contributed by atoms with Crippen molar-refractivity contribution in [1.29, 1.82) is 0 Å². The van der Waals surface area contributed by atoms with E-state index in [2.05, 4.69) is 27.7 Å². The Bertz CT molecular complexity index is 427. The minimum Gasteiger partial charge on any atom is -0.294 e. The smallest absolute Gasteiger partial charge is 0.163 e. The fraction of sp³-hybridized carbons (Fsp3) is 0.588. The van der Waals surface area contributed by atoms with Gasteiger partial charge in [0.2, 0.25) is 0 Å². The summed E-state index contributed by atoms with van der Waals surface area (Å²) in [6.45, 7) is 9.00. The number of Topliss-reactive ketones (excluding diaryl/α,β-unsaturated/α-hetero) is 1. The molecule has 18 heavy (non-hydrogen) atoms. The molecule has 1 fully saturated rings. The first-order chi connectivity index (χ1) is 8.41. The summed E-state index contributed by atoms with van der Waals surface area (Å²) in [5.41, 5.74) is 2.39. The Morgan fingerprint density at radius 1 is 1.22 bits per heavy atom. The summed E-state index contributed by atoms with van der Waals surface area (Å²) in [6.07, 6.45) is 3.17. The molecule has 0 saturated heterocycles. The monoisotopic (exact) mass is 244 g/mol. The van der Waals surface area contributed by atoms with Crippen LogP contribution in [-0.2, 0) is 0 Å². The van der Waals surface area contributed by atoms with Crippen LogP contribution >= 0.6 is 0 Å². The molecule has 1 saturated carbocycles. The van der Waals surface area contributed by atoms with E-state index in [4.69, 9.17) is 0 Å². The average molecular weight is 244 g/mol. The number of hydrogen-bond donors (Lipinski definition) is 0. The molecule has 98 valence electrons. The fourth-order valence-electron chi connectivity index (χ4n) is 3.04. The Labute approximate surface area is 111 Å². The summed E-state index contributed by atoms with van der Waals surface area (Å²) in [7, 11) is 0. The SMILES string of the molecule is Cc1ccc(C(=O)C[C@H]2CC[C@H](C)C2(C)C)cc1. The van der Waals surface area contributed by atoms with Crippen LogP contribution in [0.3, 0.4) is 0 Å². The molecule has 2 rings (SSSR count). The molecule has 0 heterocycles. The molecular weight excluding hydrogens is 220 g/mol. The third-order valence-electron chi connectivity index (χ3n) is 5.08. The molecule has 0 spiro atoms. The number of aryl methyl sites for hydroxylation is 1. The number of carbonyl (C=O) groups is 1. The molecule has 1 aromatic rings. The van der Waals surface area contributed by atoms with Crippen LogP contribution in [0.2, 0.25) is 0 Å². The number of ketones is 1. The third kappa shape index (κ3) is 2.50. The zero-order valence-electron chi connectivity index (χ0n) is 12.0. The predicted molar refractivity (Wildman–Crippen MR) is 75.8 cm³/mol. The van der Waals surface area contributed by atoms with Gasteiger partial charge in [-0.05, 0) is 37.0 Å². The van der Waals surface area contributed by atoms with Crippen molar-refractivity contribution in [1.82, 2.24) is 0 Å². The first kappa shape index (κ1) is 13.3. The lowest BCUT2D eigenvalue weighted by molar-refractivity contribution is 0.0909. The minimum atomic E-state index is 0.306. The van der Waals surface area contributed by atoms with E-state index in [0.717, 1.165) is 11.5 Å². The van der Waals surface area contributed by atoms with Gasteiger partial charge >= 0.3 is 0 Å². The normalized spacial score (nSPS) is 26.2. The van der Waals surface area contributed by atoms with Crippen molar-refractivity contribution in [3.8, 4) is 0 Å². The highest BCUT2D eigenvalue weighted by Crippen LogP contribution is 2.48. The molecule has 0 amide bonds. The summed E-state index contributed by atoms with van der Waals surface area (Å²) < 4.78 is 0. The molecule has 0 radical (unpaired) electrons. The Morgan fingerprint density at radius 3 is 2.33 bits per heavy atom. The Kier molecular flexibility index (Phi) is 3.61. The van der Waals surface area contributed by atoms with Crippen LogP contribution in [0.25, 0.3) is 0 Å². The first-order valence-electron chi connectivity index (χ1n) is 7.01. The van der Waals surface area contributed by atoms with Crippen molar-refractivity contribution < 1.29 is 4.79 Å². The minimum absolute atomic E-state index is 0.306. The zero-order valence-corrected chi connectivity index (χ0v) is 12.0. The molecule has 1 nitrogen and oxygen atoms in total. The lowest BCUT2D eigenvalue weighted by atomic mass is 9.74. The van der Waals surface area contributed by atoms with Crippen molar-refractivity contribution in [3.63, 3.8) is 0 Å². The molecule has 1 aliphatic carbocycles. The lowest BCUT2D eigenvalue weighted by Gasteiger charge is -2.30. The van der Waals surface area contributed by atoms with Gasteiger partial charge in [-0.3, -0.25) is 4.79 Å². The van der Waals surface area contributed by atoms with Crippen molar-refractivity contribution in [3.05, 3.63) is 35.4 Å². The molecule has 0 N–H and O–H groups in total. The van der Waals surface area contributed by atoms with Crippen molar-refractivity contribution >= 4 is 5.78 Å². The quantitative estimate of drug-likeness (QED) is 0.708. The maximum atomic E-state index is 12.3. The van der Waals surface area contributed by atoms with Crippen LogP contribution in [0.5, 0.6) is 0 Å². The number of rotatable bonds is 3. The highest BCUT2D eigenvalue weighted by Gasteiger charge is 2.41. The summed E-state index contributed by atoms with van der Waals surface area (Å²) in [4.78, 5) is 12.3. The lowest BCUT2D eigenvalue weighted by Crippen LogP contribution is -2.25. The molecular formula is C17H24O. The van der Waals surface area contributed by atoms with Gasteiger partial charge in [-0.2, -0.15) is 0 Å². The largest absolute Gasteiger partial charge is 0.294 e. The standard InChI is InChI=1S/C17H24O/c1-12-5-8-14(9-6-12)16(18)11-15-10-7-13(2)17(15,3)4/h5-6,8-9,13,15H,7,10-11H2,1-4H3/t13-,15+/m0/s1. The van der Waals surface area contributed by atoms with Crippen LogP contribution in [0.1, 0.15) is 56.0 Å². The van der Waals surface area contributed by atoms with E-state index < -0.39 is 0 Å². The van der Waals surface area contributed by atoms with Gasteiger partial charge in [-0.1, -0.05) is 50.6 Å². The molecule has 0 aliphatic heterocycles. The van der Waals surface area contributed by atoms with Crippen LogP contribution in [0.15, 0.2) is 24.3 Å². The second-order valence-corrected chi connectivity index (χ2v) is 6.49. The van der Waals surface area contributed by atoms with Crippen molar-refractivity contribution in [2.24, 2.45) is 17.3 Å². The van der Waals surface area contributed by atoms with Gasteiger partial charge < -0.3 is 0 Å². The molecule has 0 unspecified atom stereocenters. The van der Waals surface area contributed by atoms with Gasteiger partial charge in [0.25, 0.3) is 0 Å². The van der Waals surface area contributed by atoms with Gasteiger partial charge in [0.15, 0.2) is 5.78 Å². The van der Waals surface area contributed by atoms with Crippen LogP contribution in [0.4, 0.5) is 0 Å². The first-order valence-corrected chi connectivity index (χ1v) is 7.01. The Balaban J connectivity index is 2.06. The van der Waals surface area contributed by atoms with Gasteiger partial charge in [-0.25, -0.2) is 0 Å². The Hall–Kier alpha value is -1.11. The second-order valence-electron chi connectivity index (χ2n) is 6.49. The molecule has 0 aromatic heterocycles. The van der Waals surface area contributed by atoms with E-state index in [1.807, 2.05) is 24.3 Å². The summed E-state index contributed by atoms with van der Waals surface area (Å²) in [5.74, 6) is 1.58. The topological polar surface area (TPSA) is 17.1 Å². The predicted octanol–water partition coefficient (Wildman–Crippen LogP) is 4.64. The number of carbonyl (C=O) groups excluding carboxylic acids is 1. The zero-order chi connectivity index (χ0) is 13.3. The average Bonchev–Trinajstić information content (AvgIpc) is 2.57. The van der Waals surface area contributed by atoms with Gasteiger partial charge in [0.1, 0.15) is 0 Å². The van der Waals surface area contributed by atoms with E-state index in [1.54, 1.807) is 0 Å². The molecule has 2 atom stereocenters. The van der Waals surface area contributed by atoms with Gasteiger partial charge in [0.05, 0.1) is 0 Å². The molecule has 1 heteroatoms. The van der Waals surface area contributed by atoms with E-state index >= 15 is 0 Å². The summed E-state index contributed by atoms with van der Waals surface area (Å²) in [6, 6.07) is 7.97. The second kappa shape index (κ2) is 4.87.